The van der Waals surface area contributed by atoms with Crippen LogP contribution in [0.15, 0.2) is 66.7 Å². The number of amides is 1. The van der Waals surface area contributed by atoms with Crippen molar-refractivity contribution in [2.24, 2.45) is 5.92 Å². The van der Waals surface area contributed by atoms with Gasteiger partial charge in [-0.15, -0.1) is 0 Å². The third-order valence-corrected chi connectivity index (χ3v) is 7.22. The fourth-order valence-electron chi connectivity index (χ4n) is 5.28. The number of benzene rings is 3. The summed E-state index contributed by atoms with van der Waals surface area (Å²) in [6, 6.07) is 17.3. The number of halogens is 4. The monoisotopic (exact) mass is 513 g/mol. The number of rotatable bonds is 5. The molecule has 0 radical (unpaired) electrons. The summed E-state index contributed by atoms with van der Waals surface area (Å²) in [5.41, 5.74) is 1.82. The zero-order valence-electron chi connectivity index (χ0n) is 20.3. The number of piperazine rings is 1. The molecule has 2 aliphatic heterocycles. The van der Waals surface area contributed by atoms with Crippen molar-refractivity contribution in [2.75, 3.05) is 36.5 Å². The molecule has 5 nitrogen and oxygen atoms in total. The largest absolute Gasteiger partial charge is 0.497 e. The maximum Gasteiger partial charge on any atom is 0.416 e. The smallest absolute Gasteiger partial charge is 0.416 e. The highest BCUT2D eigenvalue weighted by Crippen LogP contribution is 2.40. The van der Waals surface area contributed by atoms with Gasteiger partial charge in [-0.1, -0.05) is 18.2 Å². The predicted octanol–water partition coefficient (Wildman–Crippen LogP) is 5.04. The van der Waals surface area contributed by atoms with E-state index < -0.39 is 23.5 Å². The molecule has 2 aliphatic rings. The summed E-state index contributed by atoms with van der Waals surface area (Å²) in [6.45, 7) is 1.72. The van der Waals surface area contributed by atoms with Crippen LogP contribution in [0.25, 0.3) is 0 Å². The highest BCUT2D eigenvalue weighted by molar-refractivity contribution is 5.82. The molecule has 0 aromatic heterocycles. The van der Waals surface area contributed by atoms with Crippen LogP contribution < -0.4 is 19.9 Å². The average molecular weight is 514 g/mol. The predicted molar refractivity (Wildman–Crippen MR) is 133 cm³/mol. The van der Waals surface area contributed by atoms with Crippen molar-refractivity contribution in [3.63, 3.8) is 0 Å². The van der Waals surface area contributed by atoms with E-state index >= 15 is 0 Å². The minimum Gasteiger partial charge on any atom is -0.497 e. The van der Waals surface area contributed by atoms with E-state index in [1.54, 1.807) is 25.3 Å². The Hall–Kier alpha value is -3.75. The molecular formula is C28H27F4N3O2. The molecule has 9 heteroatoms. The summed E-state index contributed by atoms with van der Waals surface area (Å²) in [6.07, 6.45) is -4.30. The lowest BCUT2D eigenvalue weighted by Crippen LogP contribution is -2.61. The van der Waals surface area contributed by atoms with E-state index in [1.807, 2.05) is 29.2 Å². The van der Waals surface area contributed by atoms with Crippen molar-refractivity contribution >= 4 is 17.3 Å². The number of hydrogen-bond acceptors (Lipinski definition) is 4. The van der Waals surface area contributed by atoms with Crippen LogP contribution in [0.3, 0.4) is 0 Å². The lowest BCUT2D eigenvalue weighted by molar-refractivity contribution is -0.137. The molecule has 5 rings (SSSR count). The van der Waals surface area contributed by atoms with E-state index in [9.17, 15) is 22.4 Å². The summed E-state index contributed by atoms with van der Waals surface area (Å²) in [5.74, 6) is -0.599. The van der Waals surface area contributed by atoms with Gasteiger partial charge in [0.25, 0.3) is 0 Å². The quantitative estimate of drug-likeness (QED) is 0.486. The van der Waals surface area contributed by atoms with Gasteiger partial charge < -0.3 is 19.9 Å². The molecule has 3 aromatic carbocycles. The number of nitrogens with one attached hydrogen (secondary N) is 1. The molecule has 2 heterocycles. The van der Waals surface area contributed by atoms with E-state index in [1.165, 1.54) is 12.1 Å². The number of carbonyl (C=O) groups is 1. The zero-order chi connectivity index (χ0) is 26.2. The van der Waals surface area contributed by atoms with Gasteiger partial charge in [0.15, 0.2) is 0 Å². The standard InChI is InChI=1S/C28H27F4N3O2/c1-37-22-9-7-21(8-10-22)34-12-13-35-25-11-6-20(28(30,31)32)14-19(25)15-23(26(35)17-34)27(36)33-16-18-4-2-3-5-24(18)29/h2-11,14,23,26H,12-13,15-17H2,1H3,(H,33,36)/t23-,26-/m0/s1. The fraction of sp³-hybridized carbons (Fsp3) is 0.321. The molecule has 0 aliphatic carbocycles. The highest BCUT2D eigenvalue weighted by Gasteiger charge is 2.42. The van der Waals surface area contributed by atoms with Crippen molar-refractivity contribution in [3.05, 3.63) is 89.2 Å². The van der Waals surface area contributed by atoms with E-state index in [-0.39, 0.29) is 24.9 Å². The molecular weight excluding hydrogens is 486 g/mol. The van der Waals surface area contributed by atoms with Crippen LogP contribution in [0.5, 0.6) is 5.75 Å². The number of methoxy groups -OCH3 is 1. The topological polar surface area (TPSA) is 44.8 Å². The normalized spacial score (nSPS) is 19.2. The zero-order valence-corrected chi connectivity index (χ0v) is 20.3. The summed E-state index contributed by atoms with van der Waals surface area (Å²) >= 11 is 0. The highest BCUT2D eigenvalue weighted by atomic mass is 19.4. The summed E-state index contributed by atoms with van der Waals surface area (Å²) in [7, 11) is 1.60. The third kappa shape index (κ3) is 5.08. The van der Waals surface area contributed by atoms with Crippen molar-refractivity contribution in [3.8, 4) is 5.75 Å². The van der Waals surface area contributed by atoms with Crippen LogP contribution in [0.2, 0.25) is 0 Å². The van der Waals surface area contributed by atoms with Crippen LogP contribution in [-0.2, 0) is 23.9 Å². The Labute approximate surface area is 212 Å². The van der Waals surface area contributed by atoms with Gasteiger partial charge in [-0.3, -0.25) is 4.79 Å². The molecule has 0 saturated carbocycles. The van der Waals surface area contributed by atoms with Crippen LogP contribution in [-0.4, -0.2) is 38.7 Å². The van der Waals surface area contributed by atoms with Crippen molar-refractivity contribution in [1.82, 2.24) is 5.32 Å². The van der Waals surface area contributed by atoms with Crippen LogP contribution >= 0.6 is 0 Å². The number of ether oxygens (including phenoxy) is 1. The molecule has 3 aromatic rings. The Morgan fingerprint density at radius 1 is 1.05 bits per heavy atom. The van der Waals surface area contributed by atoms with Gasteiger partial charge in [0.2, 0.25) is 5.91 Å². The maximum absolute atomic E-state index is 14.1. The molecule has 2 atom stereocenters. The Balaban J connectivity index is 1.44. The molecule has 0 bridgehead atoms. The minimum absolute atomic E-state index is 0.00632. The molecule has 194 valence electrons. The summed E-state index contributed by atoms with van der Waals surface area (Å²) in [4.78, 5) is 17.7. The second-order valence-electron chi connectivity index (χ2n) is 9.37. The first kappa shape index (κ1) is 24.9. The molecule has 1 saturated heterocycles. The SMILES string of the molecule is COc1ccc(N2CCN3c4ccc(C(F)(F)F)cc4C[C@H](C(=O)NCc4ccccc4F)[C@@H]3C2)cc1. The summed E-state index contributed by atoms with van der Waals surface area (Å²) < 4.78 is 59.7. The lowest BCUT2D eigenvalue weighted by atomic mass is 9.82. The Kier molecular flexibility index (Phi) is 6.70. The molecule has 1 fully saturated rings. The number of alkyl halides is 3. The van der Waals surface area contributed by atoms with Gasteiger partial charge in [-0.25, -0.2) is 4.39 Å². The second-order valence-corrected chi connectivity index (χ2v) is 9.37. The number of carbonyl (C=O) groups excluding carboxylic acids is 1. The lowest BCUT2D eigenvalue weighted by Gasteiger charge is -2.49. The van der Waals surface area contributed by atoms with E-state index in [2.05, 4.69) is 10.2 Å². The summed E-state index contributed by atoms with van der Waals surface area (Å²) in [5, 5.41) is 2.83. The first-order chi connectivity index (χ1) is 17.7. The van der Waals surface area contributed by atoms with Gasteiger partial charge in [-0.05, 0) is 60.5 Å². The van der Waals surface area contributed by atoms with Gasteiger partial charge >= 0.3 is 6.18 Å². The molecule has 1 amide bonds. The molecule has 37 heavy (non-hydrogen) atoms. The number of fused-ring (bicyclic) bond motifs is 3. The molecule has 0 unspecified atom stereocenters. The Morgan fingerprint density at radius 2 is 1.81 bits per heavy atom. The third-order valence-electron chi connectivity index (χ3n) is 7.22. The Morgan fingerprint density at radius 3 is 2.51 bits per heavy atom. The Bertz CT molecular complexity index is 1280. The number of anilines is 2. The maximum atomic E-state index is 14.1. The van der Waals surface area contributed by atoms with E-state index in [0.717, 1.165) is 29.3 Å². The van der Waals surface area contributed by atoms with Gasteiger partial charge in [0, 0.05) is 43.1 Å². The van der Waals surface area contributed by atoms with Crippen LogP contribution in [0, 0.1) is 11.7 Å². The average Bonchev–Trinajstić information content (AvgIpc) is 2.91. The van der Waals surface area contributed by atoms with E-state index in [4.69, 9.17) is 4.74 Å². The number of hydrogen-bond donors (Lipinski definition) is 1. The minimum atomic E-state index is -4.47. The molecule has 1 N–H and O–H groups in total. The van der Waals surface area contributed by atoms with Crippen LogP contribution in [0.4, 0.5) is 28.9 Å². The van der Waals surface area contributed by atoms with Gasteiger partial charge in [0.05, 0.1) is 24.6 Å². The van der Waals surface area contributed by atoms with Crippen molar-refractivity contribution in [1.29, 1.82) is 0 Å². The number of nitrogens with zero attached hydrogens (tertiary/aromatic N) is 2. The second kappa shape index (κ2) is 9.95. The van der Waals surface area contributed by atoms with Gasteiger partial charge in [-0.2, -0.15) is 13.2 Å². The van der Waals surface area contributed by atoms with Gasteiger partial charge in [0.1, 0.15) is 11.6 Å². The van der Waals surface area contributed by atoms with E-state index in [0.29, 0.717) is 30.8 Å². The first-order valence-corrected chi connectivity index (χ1v) is 12.1. The van der Waals surface area contributed by atoms with Crippen LogP contribution in [0.1, 0.15) is 16.7 Å². The van der Waals surface area contributed by atoms with Crippen molar-refractivity contribution in [2.45, 2.75) is 25.2 Å². The fourth-order valence-corrected chi connectivity index (χ4v) is 5.28. The van der Waals surface area contributed by atoms with Crippen molar-refractivity contribution < 1.29 is 27.1 Å². The molecule has 0 spiro atoms. The first-order valence-electron chi connectivity index (χ1n) is 12.1.